The topological polar surface area (TPSA) is 81.8 Å². The molecule has 1 N–H and O–H groups in total. The monoisotopic (exact) mass is 352 g/mol. The molecule has 0 atom stereocenters. The van der Waals surface area contributed by atoms with E-state index >= 15 is 0 Å². The summed E-state index contributed by atoms with van der Waals surface area (Å²) in [4.78, 5) is 20.4. The van der Waals surface area contributed by atoms with Gasteiger partial charge in [-0.05, 0) is 49.5 Å². The molecule has 0 unspecified atom stereocenters. The molecule has 0 saturated heterocycles. The molecule has 1 aromatic rings. The number of carbonyl (C=O) groups is 2. The van der Waals surface area contributed by atoms with Gasteiger partial charge in [-0.2, -0.15) is 5.26 Å². The maximum atomic E-state index is 10.8. The Morgan fingerprint density at radius 2 is 1.88 bits per heavy atom. The Morgan fingerprint density at radius 3 is 2.27 bits per heavy atom. The Hall–Kier alpha value is -2.80. The van der Waals surface area contributed by atoms with E-state index in [0.29, 0.717) is 31.4 Å². The third kappa shape index (κ3) is 10.1. The van der Waals surface area contributed by atoms with Crippen LogP contribution in [0.1, 0.15) is 57.1 Å². The summed E-state index contributed by atoms with van der Waals surface area (Å²) in [6.45, 7) is 7.42. The molecule has 0 radical (unpaired) electrons. The van der Waals surface area contributed by atoms with Gasteiger partial charge in [-0.3, -0.25) is 4.79 Å². The third-order valence-electron chi connectivity index (χ3n) is 3.76. The number of hydrogen-bond acceptors (Lipinski definition) is 4. The minimum Gasteiger partial charge on any atom is -0.305 e. The van der Waals surface area contributed by atoms with Crippen molar-refractivity contribution >= 4 is 17.8 Å². The highest BCUT2D eigenvalue weighted by molar-refractivity contribution is 6.06. The van der Waals surface area contributed by atoms with E-state index < -0.39 is 0 Å². The van der Waals surface area contributed by atoms with Crippen LogP contribution in [0.15, 0.2) is 48.6 Å². The van der Waals surface area contributed by atoms with Gasteiger partial charge in [-0.25, -0.2) is 0 Å². The van der Waals surface area contributed by atoms with Gasteiger partial charge in [-0.1, -0.05) is 31.2 Å². The largest absolute Gasteiger partial charge is 0.305 e. The summed E-state index contributed by atoms with van der Waals surface area (Å²) in [5.74, 6) is 0.268. The second-order valence-corrected chi connectivity index (χ2v) is 5.70. The van der Waals surface area contributed by atoms with E-state index in [1.54, 1.807) is 6.08 Å². The number of aldehydes is 1. The van der Waals surface area contributed by atoms with E-state index in [-0.39, 0.29) is 5.78 Å². The van der Waals surface area contributed by atoms with Gasteiger partial charge in [0.25, 0.3) is 0 Å². The van der Waals surface area contributed by atoms with Crippen molar-refractivity contribution in [2.75, 3.05) is 0 Å². The number of Topliss-reactive ketones (excluding diaryl/α,β-unsaturated/α-hetero) is 1. The summed E-state index contributed by atoms with van der Waals surface area (Å²) in [5, 5.41) is 15.9. The van der Waals surface area contributed by atoms with E-state index in [0.717, 1.165) is 30.3 Å². The Labute approximate surface area is 156 Å². The fraction of sp³-hybridized carbons (Fsp3) is 0.364. The van der Waals surface area contributed by atoms with Crippen LogP contribution in [-0.4, -0.2) is 17.8 Å². The van der Waals surface area contributed by atoms with Crippen molar-refractivity contribution in [3.05, 3.63) is 59.7 Å². The van der Waals surface area contributed by atoms with Crippen LogP contribution in [0.2, 0.25) is 0 Å². The van der Waals surface area contributed by atoms with Gasteiger partial charge in [0.15, 0.2) is 0 Å². The maximum Gasteiger partial charge on any atom is 0.137 e. The second kappa shape index (κ2) is 14.5. The molecular formula is C22H28N2O2. The molecule has 1 aromatic carbocycles. The van der Waals surface area contributed by atoms with Crippen molar-refractivity contribution in [2.24, 2.45) is 0 Å². The fourth-order valence-corrected chi connectivity index (χ4v) is 2.11. The molecular weight excluding hydrogens is 324 g/mol. The number of nitrogens with zero attached hydrogens (tertiary/aromatic N) is 1. The fourth-order valence-electron chi connectivity index (χ4n) is 2.11. The molecule has 0 heterocycles. The first kappa shape index (κ1) is 23.2. The van der Waals surface area contributed by atoms with E-state index in [9.17, 15) is 9.59 Å². The molecule has 0 amide bonds. The summed E-state index contributed by atoms with van der Waals surface area (Å²) in [6.07, 6.45) is 8.62. The van der Waals surface area contributed by atoms with Crippen LogP contribution in [0.5, 0.6) is 0 Å². The Bertz CT molecular complexity index is 656. The van der Waals surface area contributed by atoms with Crippen molar-refractivity contribution < 1.29 is 9.59 Å². The van der Waals surface area contributed by atoms with Crippen LogP contribution in [-0.2, 0) is 16.0 Å². The first-order valence-corrected chi connectivity index (χ1v) is 8.80. The Balaban J connectivity index is 0.000000375. The highest BCUT2D eigenvalue weighted by atomic mass is 16.1. The van der Waals surface area contributed by atoms with E-state index in [1.807, 2.05) is 37.3 Å². The molecule has 2 rings (SSSR count). The third-order valence-corrected chi connectivity index (χ3v) is 3.76. The number of allylic oxidation sites excluding steroid dienone is 3. The maximum absolute atomic E-state index is 10.8. The zero-order valence-corrected chi connectivity index (χ0v) is 15.8. The van der Waals surface area contributed by atoms with Gasteiger partial charge < -0.3 is 10.2 Å². The van der Waals surface area contributed by atoms with Gasteiger partial charge in [0.1, 0.15) is 12.1 Å². The average Bonchev–Trinajstić information content (AvgIpc) is 2.69. The lowest BCUT2D eigenvalue weighted by Gasteiger charge is -2.13. The molecule has 1 saturated carbocycles. The van der Waals surface area contributed by atoms with E-state index in [2.05, 4.69) is 19.6 Å². The van der Waals surface area contributed by atoms with Crippen LogP contribution in [0.3, 0.4) is 0 Å². The molecule has 4 heteroatoms. The second-order valence-electron chi connectivity index (χ2n) is 5.70. The summed E-state index contributed by atoms with van der Waals surface area (Å²) in [7, 11) is 0. The minimum atomic E-state index is 0.268. The van der Waals surface area contributed by atoms with Gasteiger partial charge in [0.2, 0.25) is 0 Å². The molecule has 1 fully saturated rings. The first-order valence-electron chi connectivity index (χ1n) is 8.80. The van der Waals surface area contributed by atoms with Crippen LogP contribution >= 0.6 is 0 Å². The quantitative estimate of drug-likeness (QED) is 0.471. The highest BCUT2D eigenvalue weighted by Gasteiger charge is 2.16. The molecule has 4 nitrogen and oxygen atoms in total. The number of aryl methyl sites for hydroxylation is 1. The number of rotatable bonds is 4. The molecule has 138 valence electrons. The lowest BCUT2D eigenvalue weighted by atomic mass is 9.92. The van der Waals surface area contributed by atoms with Crippen molar-refractivity contribution in [3.63, 3.8) is 0 Å². The number of hydrogen-bond donors (Lipinski definition) is 1. The molecule has 1 aliphatic rings. The molecule has 26 heavy (non-hydrogen) atoms. The van der Waals surface area contributed by atoms with Crippen molar-refractivity contribution in [1.82, 2.24) is 0 Å². The average molecular weight is 352 g/mol. The van der Waals surface area contributed by atoms with Crippen molar-refractivity contribution in [3.8, 4) is 6.07 Å². The number of unbranched alkanes of at least 4 members (excludes halogenated alkanes) is 1. The number of carbonyl (C=O) groups excluding carboxylic acids is 2. The predicted molar refractivity (Wildman–Crippen MR) is 106 cm³/mol. The molecule has 0 spiro atoms. The van der Waals surface area contributed by atoms with Crippen molar-refractivity contribution in [2.45, 2.75) is 52.4 Å². The number of ketones is 1. The summed E-state index contributed by atoms with van der Waals surface area (Å²) < 4.78 is 0. The van der Waals surface area contributed by atoms with Gasteiger partial charge in [-0.15, -0.1) is 6.58 Å². The van der Waals surface area contributed by atoms with Crippen LogP contribution in [0, 0.1) is 16.7 Å². The summed E-state index contributed by atoms with van der Waals surface area (Å²) >= 11 is 0. The molecule has 0 aromatic heterocycles. The van der Waals surface area contributed by atoms with E-state index in [4.69, 9.17) is 10.7 Å². The molecule has 0 bridgehead atoms. The Morgan fingerprint density at radius 1 is 1.23 bits per heavy atom. The first-order chi connectivity index (χ1) is 12.5. The summed E-state index contributed by atoms with van der Waals surface area (Å²) in [5.41, 5.74) is 3.56. The van der Waals surface area contributed by atoms with Gasteiger partial charge >= 0.3 is 0 Å². The lowest BCUT2D eigenvalue weighted by Crippen LogP contribution is -2.15. The number of nitriles is 1. The zero-order valence-electron chi connectivity index (χ0n) is 15.8. The van der Waals surface area contributed by atoms with Crippen molar-refractivity contribution in [1.29, 1.82) is 10.7 Å². The normalized spacial score (nSPS) is 14.3. The highest BCUT2D eigenvalue weighted by Crippen LogP contribution is 2.16. The number of benzene rings is 1. The lowest BCUT2D eigenvalue weighted by molar-refractivity contribution is -0.118. The van der Waals surface area contributed by atoms with Crippen LogP contribution in [0.4, 0.5) is 0 Å². The zero-order chi connectivity index (χ0) is 19.8. The Kier molecular flexibility index (Phi) is 13.0. The molecule has 0 aliphatic heterocycles. The molecule has 1 aliphatic carbocycles. The number of nitrogens with one attached hydrogen (secondary N) is 1. The SMILES string of the molecule is C/C=C1/CC(=O)CCC1=N.C=CCCC=O.CCc1ccc(C#N)cc1. The van der Waals surface area contributed by atoms with Gasteiger partial charge in [0.05, 0.1) is 11.6 Å². The summed E-state index contributed by atoms with van der Waals surface area (Å²) in [6, 6.07) is 9.74. The minimum absolute atomic E-state index is 0.268. The van der Waals surface area contributed by atoms with E-state index in [1.165, 1.54) is 5.56 Å². The smallest absolute Gasteiger partial charge is 0.137 e. The van der Waals surface area contributed by atoms with Gasteiger partial charge in [0, 0.05) is 25.0 Å². The predicted octanol–water partition coefficient (Wildman–Crippen LogP) is 4.98. The standard InChI is InChI=1S/C9H9N.C8H11NO.C5H8O/c1-2-8-3-5-9(7-10)6-4-8;1-2-6-5-7(10)3-4-8(6)9;1-2-3-4-5-6/h3-6H,2H2,1H3;2,9H,3-5H2,1H3;2,5H,1,3-4H2/b;6-2-,9-8?;. The van der Waals surface area contributed by atoms with Crippen LogP contribution in [0.25, 0.3) is 0 Å². The van der Waals surface area contributed by atoms with Crippen LogP contribution < -0.4 is 0 Å².